The van der Waals surface area contributed by atoms with Gasteiger partial charge in [0.25, 0.3) is 0 Å². The van der Waals surface area contributed by atoms with Crippen LogP contribution >= 0.6 is 11.8 Å². The zero-order valence-electron chi connectivity index (χ0n) is 15.8. The smallest absolute Gasteiger partial charge is 0.243 e. The number of aromatic amines is 1. The second-order valence-corrected chi connectivity index (χ2v) is 9.50. The first kappa shape index (κ1) is 20.4. The Balaban J connectivity index is 1.60. The van der Waals surface area contributed by atoms with Crippen LogP contribution in [0.4, 0.5) is 5.69 Å². The number of rotatable bonds is 7. The van der Waals surface area contributed by atoms with E-state index in [1.54, 1.807) is 19.2 Å². The molecule has 0 aliphatic heterocycles. The Bertz CT molecular complexity index is 1040. The summed E-state index contributed by atoms with van der Waals surface area (Å²) in [5.41, 5.74) is 2.32. The van der Waals surface area contributed by atoms with Gasteiger partial charge in [-0.05, 0) is 50.2 Å². The monoisotopic (exact) mass is 418 g/mol. The number of nitrogens with one attached hydrogen (secondary N) is 2. The number of nitrogens with zero attached hydrogens (tertiary/aromatic N) is 2. The maximum absolute atomic E-state index is 12.5. The Morgan fingerprint density at radius 1 is 1.18 bits per heavy atom. The largest absolute Gasteiger partial charge is 0.333 e. The number of amides is 1. The van der Waals surface area contributed by atoms with Crippen molar-refractivity contribution in [1.29, 1.82) is 0 Å². The fraction of sp³-hybridized carbons (Fsp3) is 0.263. The van der Waals surface area contributed by atoms with E-state index in [0.29, 0.717) is 10.8 Å². The van der Waals surface area contributed by atoms with Gasteiger partial charge >= 0.3 is 0 Å². The van der Waals surface area contributed by atoms with Crippen molar-refractivity contribution in [2.45, 2.75) is 29.9 Å². The van der Waals surface area contributed by atoms with Crippen LogP contribution in [0.15, 0.2) is 58.6 Å². The number of anilines is 1. The van der Waals surface area contributed by atoms with E-state index in [2.05, 4.69) is 15.3 Å². The second-order valence-electron chi connectivity index (χ2n) is 6.54. The van der Waals surface area contributed by atoms with Crippen LogP contribution < -0.4 is 5.32 Å². The standard InChI is InChI=1S/C19H22N4O3S2/c1-13(2)23(3)28(25,26)15-10-8-14(9-11-15)20-18(24)12-27-19-21-16-6-4-5-7-17(16)22-19/h4-11,13H,12H2,1-3H3,(H,20,24)(H,21,22). The van der Waals surface area contributed by atoms with Crippen LogP contribution in [-0.4, -0.2) is 47.4 Å². The van der Waals surface area contributed by atoms with Gasteiger partial charge in [0.1, 0.15) is 0 Å². The summed E-state index contributed by atoms with van der Waals surface area (Å²) in [6.45, 7) is 3.62. The minimum atomic E-state index is -3.54. The normalized spacial score (nSPS) is 12.0. The van der Waals surface area contributed by atoms with Crippen LogP contribution in [0.2, 0.25) is 0 Å². The van der Waals surface area contributed by atoms with Crippen LogP contribution in [0.5, 0.6) is 0 Å². The number of H-pyrrole nitrogens is 1. The highest BCUT2D eigenvalue weighted by molar-refractivity contribution is 7.99. The molecule has 1 aromatic heterocycles. The zero-order chi connectivity index (χ0) is 20.3. The number of carbonyl (C=O) groups excluding carboxylic acids is 1. The minimum Gasteiger partial charge on any atom is -0.333 e. The molecule has 0 atom stereocenters. The van der Waals surface area contributed by atoms with Gasteiger partial charge in [0.2, 0.25) is 15.9 Å². The Kier molecular flexibility index (Phi) is 6.07. The third-order valence-electron chi connectivity index (χ3n) is 4.25. The molecule has 1 heterocycles. The first-order valence-corrected chi connectivity index (χ1v) is 11.2. The first-order chi connectivity index (χ1) is 13.3. The van der Waals surface area contributed by atoms with Crippen LogP contribution in [0.1, 0.15) is 13.8 Å². The summed E-state index contributed by atoms with van der Waals surface area (Å²) in [6, 6.07) is 13.7. The zero-order valence-corrected chi connectivity index (χ0v) is 17.5. The predicted molar refractivity (Wildman–Crippen MR) is 112 cm³/mol. The molecule has 0 saturated carbocycles. The minimum absolute atomic E-state index is 0.139. The van der Waals surface area contributed by atoms with Crippen LogP contribution in [0, 0.1) is 0 Å². The molecule has 148 valence electrons. The Hall–Kier alpha value is -2.36. The lowest BCUT2D eigenvalue weighted by atomic mass is 10.3. The lowest BCUT2D eigenvalue weighted by Gasteiger charge is -2.21. The molecule has 3 aromatic rings. The number of benzene rings is 2. The van der Waals surface area contributed by atoms with Gasteiger partial charge in [0.15, 0.2) is 5.16 Å². The van der Waals surface area contributed by atoms with Crippen molar-refractivity contribution in [2.24, 2.45) is 0 Å². The van der Waals surface area contributed by atoms with E-state index in [1.165, 1.54) is 28.2 Å². The molecule has 0 unspecified atom stereocenters. The van der Waals surface area contributed by atoms with E-state index in [9.17, 15) is 13.2 Å². The van der Waals surface area contributed by atoms with Crippen molar-refractivity contribution in [3.8, 4) is 0 Å². The number of para-hydroxylation sites is 2. The summed E-state index contributed by atoms with van der Waals surface area (Å²) in [7, 11) is -1.99. The van der Waals surface area contributed by atoms with Crippen molar-refractivity contribution < 1.29 is 13.2 Å². The summed E-state index contributed by atoms with van der Waals surface area (Å²) >= 11 is 1.31. The molecule has 3 rings (SSSR count). The van der Waals surface area contributed by atoms with Gasteiger partial charge in [-0.1, -0.05) is 23.9 Å². The van der Waals surface area contributed by atoms with E-state index in [4.69, 9.17) is 0 Å². The van der Waals surface area contributed by atoms with E-state index in [1.807, 2.05) is 38.1 Å². The summed E-state index contributed by atoms with van der Waals surface area (Å²) in [5, 5.41) is 3.44. The maximum Gasteiger partial charge on any atom is 0.243 e. The van der Waals surface area contributed by atoms with Crippen molar-refractivity contribution in [3.63, 3.8) is 0 Å². The fourth-order valence-corrected chi connectivity index (χ4v) is 4.54. The molecular weight excluding hydrogens is 396 g/mol. The molecule has 0 radical (unpaired) electrons. The number of aromatic nitrogens is 2. The van der Waals surface area contributed by atoms with Crippen molar-refractivity contribution >= 4 is 44.4 Å². The lowest BCUT2D eigenvalue weighted by molar-refractivity contribution is -0.113. The third-order valence-corrected chi connectivity index (χ3v) is 7.17. The van der Waals surface area contributed by atoms with Crippen molar-refractivity contribution in [1.82, 2.24) is 14.3 Å². The number of hydrogen-bond donors (Lipinski definition) is 2. The van der Waals surface area contributed by atoms with E-state index < -0.39 is 10.0 Å². The average Bonchev–Trinajstić information content (AvgIpc) is 3.09. The summed E-state index contributed by atoms with van der Waals surface area (Å²) in [5.74, 6) is -0.00367. The van der Waals surface area contributed by atoms with Gasteiger partial charge in [0, 0.05) is 18.8 Å². The molecule has 2 aromatic carbocycles. The number of carbonyl (C=O) groups is 1. The Labute approximate surface area is 168 Å². The summed E-state index contributed by atoms with van der Waals surface area (Å²) < 4.78 is 26.2. The molecule has 0 spiro atoms. The van der Waals surface area contributed by atoms with Gasteiger partial charge < -0.3 is 10.3 Å². The van der Waals surface area contributed by atoms with Crippen LogP contribution in [-0.2, 0) is 14.8 Å². The number of fused-ring (bicyclic) bond motifs is 1. The topological polar surface area (TPSA) is 95.2 Å². The Morgan fingerprint density at radius 3 is 2.50 bits per heavy atom. The van der Waals surface area contributed by atoms with Gasteiger partial charge in [0.05, 0.1) is 21.7 Å². The SMILES string of the molecule is CC(C)N(C)S(=O)(=O)c1ccc(NC(=O)CSc2nc3ccccc3[nH]2)cc1. The van der Waals surface area contributed by atoms with E-state index in [0.717, 1.165) is 11.0 Å². The highest BCUT2D eigenvalue weighted by atomic mass is 32.2. The van der Waals surface area contributed by atoms with Gasteiger partial charge in [-0.2, -0.15) is 4.31 Å². The van der Waals surface area contributed by atoms with Gasteiger partial charge in [-0.15, -0.1) is 0 Å². The maximum atomic E-state index is 12.5. The summed E-state index contributed by atoms with van der Waals surface area (Å²) in [6.07, 6.45) is 0. The number of imidazole rings is 1. The molecule has 0 aliphatic carbocycles. The number of hydrogen-bond acceptors (Lipinski definition) is 5. The lowest BCUT2D eigenvalue weighted by Crippen LogP contribution is -2.33. The quantitative estimate of drug-likeness (QED) is 0.574. The molecule has 0 bridgehead atoms. The molecular formula is C19H22N4O3S2. The molecule has 2 N–H and O–H groups in total. The number of sulfonamides is 1. The average molecular weight is 419 g/mol. The third kappa shape index (κ3) is 4.54. The molecule has 1 amide bonds. The predicted octanol–water partition coefficient (Wildman–Crippen LogP) is 3.32. The van der Waals surface area contributed by atoms with Gasteiger partial charge in [-0.25, -0.2) is 13.4 Å². The summed E-state index contributed by atoms with van der Waals surface area (Å²) in [4.78, 5) is 19.9. The highest BCUT2D eigenvalue weighted by Gasteiger charge is 2.22. The van der Waals surface area contributed by atoms with Crippen molar-refractivity contribution in [2.75, 3.05) is 18.1 Å². The first-order valence-electron chi connectivity index (χ1n) is 8.73. The van der Waals surface area contributed by atoms with Crippen molar-refractivity contribution in [3.05, 3.63) is 48.5 Å². The van der Waals surface area contributed by atoms with Crippen LogP contribution in [0.25, 0.3) is 11.0 Å². The molecule has 7 nitrogen and oxygen atoms in total. The van der Waals surface area contributed by atoms with Crippen LogP contribution in [0.3, 0.4) is 0 Å². The molecule has 0 saturated heterocycles. The fourth-order valence-electron chi connectivity index (χ4n) is 2.48. The molecule has 0 aliphatic rings. The second kappa shape index (κ2) is 8.34. The molecule has 9 heteroatoms. The Morgan fingerprint density at radius 2 is 1.86 bits per heavy atom. The van der Waals surface area contributed by atoms with Gasteiger partial charge in [-0.3, -0.25) is 4.79 Å². The highest BCUT2D eigenvalue weighted by Crippen LogP contribution is 2.21. The number of thioether (sulfide) groups is 1. The molecule has 0 fully saturated rings. The molecule has 28 heavy (non-hydrogen) atoms. The van der Waals surface area contributed by atoms with E-state index in [-0.39, 0.29) is 22.6 Å². The van der Waals surface area contributed by atoms with E-state index >= 15 is 0 Å².